The summed E-state index contributed by atoms with van der Waals surface area (Å²) in [5.41, 5.74) is 1.51. The second-order valence-corrected chi connectivity index (χ2v) is 3.87. The molecule has 0 saturated heterocycles. The Morgan fingerprint density at radius 1 is 1.39 bits per heavy atom. The predicted octanol–water partition coefficient (Wildman–Crippen LogP) is 2.28. The van der Waals surface area contributed by atoms with Crippen molar-refractivity contribution in [3.05, 3.63) is 47.8 Å². The topological polar surface area (TPSA) is 64.3 Å². The van der Waals surface area contributed by atoms with Gasteiger partial charge in [0, 0.05) is 7.11 Å². The number of aromatic carboxylic acids is 1. The quantitative estimate of drug-likeness (QED) is 0.898. The average molecular weight is 246 g/mol. The lowest BCUT2D eigenvalue weighted by atomic mass is 10.1. The maximum atomic E-state index is 11.2. The van der Waals surface area contributed by atoms with E-state index in [1.807, 2.05) is 30.3 Å². The third kappa shape index (κ3) is 2.12. The van der Waals surface area contributed by atoms with Crippen molar-refractivity contribution in [1.29, 1.82) is 0 Å². The molecule has 1 unspecified atom stereocenters. The number of benzene rings is 1. The molecule has 0 bridgehead atoms. The molecule has 0 amide bonds. The minimum absolute atomic E-state index is 0.160. The number of carbonyl (C=O) groups is 1. The largest absolute Gasteiger partial charge is 0.478 e. The molecule has 5 nitrogen and oxygen atoms in total. The summed E-state index contributed by atoms with van der Waals surface area (Å²) in [5, 5.41) is 13.3. The summed E-state index contributed by atoms with van der Waals surface area (Å²) in [7, 11) is 1.54. The highest BCUT2D eigenvalue weighted by Crippen LogP contribution is 2.23. The Hall–Kier alpha value is -2.14. The molecule has 5 heteroatoms. The van der Waals surface area contributed by atoms with Gasteiger partial charge in [-0.1, -0.05) is 18.2 Å². The fourth-order valence-electron chi connectivity index (χ4n) is 1.80. The molecular weight excluding hydrogens is 232 g/mol. The van der Waals surface area contributed by atoms with Crippen molar-refractivity contribution >= 4 is 5.97 Å². The second kappa shape index (κ2) is 5.01. The first kappa shape index (κ1) is 12.3. The Kier molecular flexibility index (Phi) is 3.43. The molecule has 1 heterocycles. The first-order valence-electron chi connectivity index (χ1n) is 5.54. The van der Waals surface area contributed by atoms with Crippen molar-refractivity contribution in [3.8, 4) is 5.69 Å². The van der Waals surface area contributed by atoms with E-state index < -0.39 is 5.97 Å². The molecule has 0 radical (unpaired) electrons. The van der Waals surface area contributed by atoms with Crippen LogP contribution in [0.2, 0.25) is 0 Å². The third-order valence-electron chi connectivity index (χ3n) is 2.78. The summed E-state index contributed by atoms with van der Waals surface area (Å²) in [4.78, 5) is 11.2. The van der Waals surface area contributed by atoms with Crippen LogP contribution in [-0.4, -0.2) is 28.0 Å². The van der Waals surface area contributed by atoms with Crippen molar-refractivity contribution in [3.63, 3.8) is 0 Å². The number of aromatic nitrogens is 2. The van der Waals surface area contributed by atoms with Crippen molar-refractivity contribution in [2.45, 2.75) is 13.0 Å². The summed E-state index contributed by atoms with van der Waals surface area (Å²) in [6.45, 7) is 1.79. The lowest BCUT2D eigenvalue weighted by Gasteiger charge is -2.13. The van der Waals surface area contributed by atoms with Crippen LogP contribution >= 0.6 is 0 Å². The standard InChI is InChI=1S/C13H14N2O3/c1-9(18-2)12-11(13(16)17)8-14-15(12)10-6-4-3-5-7-10/h3-9H,1-2H3,(H,16,17). The molecule has 1 N–H and O–H groups in total. The zero-order valence-electron chi connectivity index (χ0n) is 10.2. The Balaban J connectivity index is 2.58. The molecular formula is C13H14N2O3. The molecule has 0 fully saturated rings. The maximum absolute atomic E-state index is 11.2. The van der Waals surface area contributed by atoms with E-state index in [2.05, 4.69) is 5.10 Å². The Labute approximate surface area is 105 Å². The first-order valence-corrected chi connectivity index (χ1v) is 5.54. The third-order valence-corrected chi connectivity index (χ3v) is 2.78. The van der Waals surface area contributed by atoms with Gasteiger partial charge in [-0.05, 0) is 19.1 Å². The van der Waals surface area contributed by atoms with Crippen LogP contribution in [0.25, 0.3) is 5.69 Å². The van der Waals surface area contributed by atoms with E-state index in [1.165, 1.54) is 6.20 Å². The molecule has 94 valence electrons. The van der Waals surface area contributed by atoms with Crippen LogP contribution in [0.3, 0.4) is 0 Å². The second-order valence-electron chi connectivity index (χ2n) is 3.87. The van der Waals surface area contributed by atoms with Crippen molar-refractivity contribution < 1.29 is 14.6 Å². The highest BCUT2D eigenvalue weighted by molar-refractivity contribution is 5.89. The number of hydrogen-bond donors (Lipinski definition) is 1. The summed E-state index contributed by atoms with van der Waals surface area (Å²) in [5.74, 6) is -1.00. The zero-order valence-corrected chi connectivity index (χ0v) is 10.2. The normalized spacial score (nSPS) is 12.3. The SMILES string of the molecule is COC(C)c1c(C(=O)O)cnn1-c1ccccc1. The molecule has 0 aliphatic carbocycles. The summed E-state index contributed by atoms with van der Waals surface area (Å²) in [6, 6.07) is 9.37. The molecule has 0 spiro atoms. The number of methoxy groups -OCH3 is 1. The Morgan fingerprint density at radius 2 is 2.06 bits per heavy atom. The van der Waals surface area contributed by atoms with Gasteiger partial charge in [-0.3, -0.25) is 0 Å². The van der Waals surface area contributed by atoms with E-state index >= 15 is 0 Å². The van der Waals surface area contributed by atoms with Crippen LogP contribution in [-0.2, 0) is 4.74 Å². The van der Waals surface area contributed by atoms with Crippen LogP contribution < -0.4 is 0 Å². The Morgan fingerprint density at radius 3 is 2.61 bits per heavy atom. The van der Waals surface area contributed by atoms with Gasteiger partial charge in [0.05, 0.1) is 23.7 Å². The van der Waals surface area contributed by atoms with E-state index in [1.54, 1.807) is 18.7 Å². The molecule has 18 heavy (non-hydrogen) atoms. The van der Waals surface area contributed by atoms with E-state index in [-0.39, 0.29) is 11.7 Å². The van der Waals surface area contributed by atoms with Crippen LogP contribution in [0.15, 0.2) is 36.5 Å². The average Bonchev–Trinajstić information content (AvgIpc) is 2.83. The minimum atomic E-state index is -1.00. The number of carboxylic acid groups (broad SMARTS) is 1. The van der Waals surface area contributed by atoms with Gasteiger partial charge in [-0.15, -0.1) is 0 Å². The van der Waals surface area contributed by atoms with Gasteiger partial charge in [-0.25, -0.2) is 9.48 Å². The van der Waals surface area contributed by atoms with Crippen molar-refractivity contribution in [1.82, 2.24) is 9.78 Å². The molecule has 2 aromatic rings. The number of rotatable bonds is 4. The zero-order chi connectivity index (χ0) is 13.1. The fraction of sp³-hybridized carbons (Fsp3) is 0.231. The van der Waals surface area contributed by atoms with Gasteiger partial charge in [0.25, 0.3) is 0 Å². The van der Waals surface area contributed by atoms with Gasteiger partial charge >= 0.3 is 5.97 Å². The molecule has 1 aromatic heterocycles. The molecule has 1 atom stereocenters. The number of carboxylic acids is 1. The van der Waals surface area contributed by atoms with Crippen LogP contribution in [0.1, 0.15) is 29.1 Å². The molecule has 0 aliphatic heterocycles. The van der Waals surface area contributed by atoms with Crippen LogP contribution in [0.5, 0.6) is 0 Å². The number of ether oxygens (including phenoxy) is 1. The lowest BCUT2D eigenvalue weighted by molar-refractivity contribution is 0.0681. The number of nitrogens with zero attached hydrogens (tertiary/aromatic N) is 2. The van der Waals surface area contributed by atoms with E-state index in [4.69, 9.17) is 9.84 Å². The van der Waals surface area contributed by atoms with Gasteiger partial charge < -0.3 is 9.84 Å². The Bertz CT molecular complexity index is 549. The number of para-hydroxylation sites is 1. The highest BCUT2D eigenvalue weighted by Gasteiger charge is 2.22. The van der Waals surface area contributed by atoms with Crippen LogP contribution in [0.4, 0.5) is 0 Å². The van der Waals surface area contributed by atoms with E-state index in [0.717, 1.165) is 5.69 Å². The first-order chi connectivity index (χ1) is 8.65. The monoisotopic (exact) mass is 246 g/mol. The highest BCUT2D eigenvalue weighted by atomic mass is 16.5. The lowest BCUT2D eigenvalue weighted by Crippen LogP contribution is -2.11. The maximum Gasteiger partial charge on any atom is 0.339 e. The van der Waals surface area contributed by atoms with Crippen molar-refractivity contribution in [2.75, 3.05) is 7.11 Å². The summed E-state index contributed by atoms with van der Waals surface area (Å²) >= 11 is 0. The number of hydrogen-bond acceptors (Lipinski definition) is 3. The molecule has 1 aromatic carbocycles. The van der Waals surface area contributed by atoms with Crippen molar-refractivity contribution in [2.24, 2.45) is 0 Å². The molecule has 0 saturated carbocycles. The molecule has 0 aliphatic rings. The van der Waals surface area contributed by atoms with Gasteiger partial charge in [-0.2, -0.15) is 5.10 Å². The predicted molar refractivity (Wildman–Crippen MR) is 65.9 cm³/mol. The molecule has 2 rings (SSSR count). The summed E-state index contributed by atoms with van der Waals surface area (Å²) in [6.07, 6.45) is 0.999. The van der Waals surface area contributed by atoms with Gasteiger partial charge in [0.1, 0.15) is 5.56 Å². The smallest absolute Gasteiger partial charge is 0.339 e. The minimum Gasteiger partial charge on any atom is -0.478 e. The van der Waals surface area contributed by atoms with Gasteiger partial charge in [0.15, 0.2) is 0 Å². The van der Waals surface area contributed by atoms with Crippen LogP contribution in [0, 0.1) is 0 Å². The summed E-state index contributed by atoms with van der Waals surface area (Å²) < 4.78 is 6.82. The fourth-order valence-corrected chi connectivity index (χ4v) is 1.80. The van der Waals surface area contributed by atoms with E-state index in [0.29, 0.717) is 5.69 Å². The van der Waals surface area contributed by atoms with Gasteiger partial charge in [0.2, 0.25) is 0 Å². The van der Waals surface area contributed by atoms with E-state index in [9.17, 15) is 4.79 Å².